The van der Waals surface area contributed by atoms with Crippen LogP contribution in [0.2, 0.25) is 0 Å². The maximum absolute atomic E-state index is 11.7. The summed E-state index contributed by atoms with van der Waals surface area (Å²) in [5, 5.41) is 1.98. The van der Waals surface area contributed by atoms with Crippen LogP contribution >= 0.6 is 11.3 Å². The highest BCUT2D eigenvalue weighted by molar-refractivity contribution is 7.11. The van der Waals surface area contributed by atoms with Crippen LogP contribution in [0.3, 0.4) is 0 Å². The van der Waals surface area contributed by atoms with Gasteiger partial charge < -0.3 is 9.47 Å². The topological polar surface area (TPSA) is 52.6 Å². The molecule has 114 valence electrons. The van der Waals surface area contributed by atoms with Gasteiger partial charge in [-0.2, -0.15) is 0 Å². The van der Waals surface area contributed by atoms with E-state index in [0.29, 0.717) is 5.56 Å². The molecule has 0 aliphatic carbocycles. The molecule has 0 N–H and O–H groups in total. The highest BCUT2D eigenvalue weighted by Gasteiger charge is 2.05. The summed E-state index contributed by atoms with van der Waals surface area (Å²) < 4.78 is 9.77. The summed E-state index contributed by atoms with van der Waals surface area (Å²) in [6.45, 7) is 2.15. The molecule has 1 aromatic carbocycles. The Kier molecular flexibility index (Phi) is 5.49. The second-order valence-corrected chi connectivity index (χ2v) is 5.55. The van der Waals surface area contributed by atoms with Crippen molar-refractivity contribution in [2.24, 2.45) is 0 Å². The van der Waals surface area contributed by atoms with Gasteiger partial charge in [-0.05, 0) is 47.7 Å². The second-order valence-electron chi connectivity index (χ2n) is 4.60. The Bertz CT molecular complexity index is 683. The van der Waals surface area contributed by atoms with E-state index >= 15 is 0 Å². The molecule has 0 spiro atoms. The number of esters is 2. The minimum atomic E-state index is -0.398. The SMILES string of the molecule is COC(=O)c1ccc(COC(=O)/C=C/c2sccc2C)cc1. The Morgan fingerprint density at radius 2 is 1.91 bits per heavy atom. The van der Waals surface area contributed by atoms with Crippen LogP contribution in [-0.4, -0.2) is 19.0 Å². The fourth-order valence-electron chi connectivity index (χ4n) is 1.76. The largest absolute Gasteiger partial charge is 0.465 e. The molecule has 0 amide bonds. The number of hydrogen-bond donors (Lipinski definition) is 0. The first kappa shape index (κ1) is 16.0. The summed E-state index contributed by atoms with van der Waals surface area (Å²) in [5.41, 5.74) is 2.40. The first-order valence-corrected chi connectivity index (χ1v) is 7.54. The zero-order valence-electron chi connectivity index (χ0n) is 12.4. The Labute approximate surface area is 133 Å². The average molecular weight is 316 g/mol. The molecule has 0 aliphatic heterocycles. The van der Waals surface area contributed by atoms with Gasteiger partial charge >= 0.3 is 11.9 Å². The number of aryl methyl sites for hydroxylation is 1. The molecule has 4 nitrogen and oxygen atoms in total. The molecule has 0 saturated heterocycles. The number of methoxy groups -OCH3 is 1. The fourth-order valence-corrected chi connectivity index (χ4v) is 2.58. The first-order valence-electron chi connectivity index (χ1n) is 6.66. The van der Waals surface area contributed by atoms with Crippen LogP contribution in [-0.2, 0) is 20.9 Å². The molecular weight excluding hydrogens is 300 g/mol. The average Bonchev–Trinajstić information content (AvgIpc) is 2.95. The maximum atomic E-state index is 11.7. The van der Waals surface area contributed by atoms with Crippen LogP contribution in [0.1, 0.15) is 26.4 Å². The van der Waals surface area contributed by atoms with Crippen molar-refractivity contribution in [2.75, 3.05) is 7.11 Å². The summed E-state index contributed by atoms with van der Waals surface area (Å²) in [6, 6.07) is 8.73. The van der Waals surface area contributed by atoms with E-state index in [0.717, 1.165) is 16.0 Å². The van der Waals surface area contributed by atoms with Gasteiger partial charge in [-0.25, -0.2) is 9.59 Å². The zero-order chi connectivity index (χ0) is 15.9. The smallest absolute Gasteiger partial charge is 0.337 e. The van der Waals surface area contributed by atoms with Gasteiger partial charge in [0.2, 0.25) is 0 Å². The van der Waals surface area contributed by atoms with Crippen molar-refractivity contribution in [2.45, 2.75) is 13.5 Å². The highest BCUT2D eigenvalue weighted by Crippen LogP contribution is 2.17. The lowest BCUT2D eigenvalue weighted by Crippen LogP contribution is -2.03. The van der Waals surface area contributed by atoms with Gasteiger partial charge in [-0.1, -0.05) is 12.1 Å². The van der Waals surface area contributed by atoms with Crippen LogP contribution in [0.4, 0.5) is 0 Å². The molecule has 0 saturated carbocycles. The molecule has 2 rings (SSSR count). The van der Waals surface area contributed by atoms with E-state index in [9.17, 15) is 9.59 Å². The number of benzene rings is 1. The molecule has 1 heterocycles. The number of hydrogen-bond acceptors (Lipinski definition) is 5. The minimum Gasteiger partial charge on any atom is -0.465 e. The van der Waals surface area contributed by atoms with Crippen LogP contribution in [0, 0.1) is 6.92 Å². The predicted molar refractivity (Wildman–Crippen MR) is 85.7 cm³/mol. The zero-order valence-corrected chi connectivity index (χ0v) is 13.2. The number of thiophene rings is 1. The second kappa shape index (κ2) is 7.56. The van der Waals surface area contributed by atoms with E-state index in [1.54, 1.807) is 41.7 Å². The van der Waals surface area contributed by atoms with Crippen molar-refractivity contribution in [3.63, 3.8) is 0 Å². The number of ether oxygens (including phenoxy) is 2. The Hall–Kier alpha value is -2.40. The van der Waals surface area contributed by atoms with E-state index in [1.165, 1.54) is 13.2 Å². The van der Waals surface area contributed by atoms with Gasteiger partial charge in [-0.3, -0.25) is 0 Å². The lowest BCUT2D eigenvalue weighted by molar-refractivity contribution is -0.138. The number of rotatable bonds is 5. The summed E-state index contributed by atoms with van der Waals surface area (Å²) in [5.74, 6) is -0.789. The Morgan fingerprint density at radius 1 is 1.18 bits per heavy atom. The number of carbonyl (C=O) groups excluding carboxylic acids is 2. The third-order valence-corrected chi connectivity index (χ3v) is 4.01. The Morgan fingerprint density at radius 3 is 2.50 bits per heavy atom. The van der Waals surface area contributed by atoms with E-state index in [4.69, 9.17) is 4.74 Å². The number of carbonyl (C=O) groups is 2. The molecule has 0 unspecified atom stereocenters. The van der Waals surface area contributed by atoms with Crippen molar-refractivity contribution in [1.82, 2.24) is 0 Å². The maximum Gasteiger partial charge on any atom is 0.337 e. The molecule has 2 aromatic rings. The van der Waals surface area contributed by atoms with Crippen LogP contribution in [0.15, 0.2) is 41.8 Å². The van der Waals surface area contributed by atoms with Gasteiger partial charge in [0.1, 0.15) is 6.61 Å². The monoisotopic (exact) mass is 316 g/mol. The fraction of sp³-hybridized carbons (Fsp3) is 0.176. The molecule has 0 aliphatic rings. The normalized spacial score (nSPS) is 10.6. The van der Waals surface area contributed by atoms with E-state index in [-0.39, 0.29) is 6.61 Å². The van der Waals surface area contributed by atoms with Gasteiger partial charge in [0.25, 0.3) is 0 Å². The molecule has 0 atom stereocenters. The van der Waals surface area contributed by atoms with Crippen molar-refractivity contribution in [3.8, 4) is 0 Å². The van der Waals surface area contributed by atoms with Gasteiger partial charge in [0.05, 0.1) is 12.7 Å². The highest BCUT2D eigenvalue weighted by atomic mass is 32.1. The van der Waals surface area contributed by atoms with Crippen molar-refractivity contribution >= 4 is 29.4 Å². The Balaban J connectivity index is 1.87. The molecule has 5 heteroatoms. The van der Waals surface area contributed by atoms with Crippen molar-refractivity contribution < 1.29 is 19.1 Å². The molecule has 22 heavy (non-hydrogen) atoms. The predicted octanol–water partition coefficient (Wildman–Crippen LogP) is 3.60. The molecule has 0 fully saturated rings. The quantitative estimate of drug-likeness (QED) is 0.625. The van der Waals surface area contributed by atoms with Gasteiger partial charge in [0, 0.05) is 11.0 Å². The van der Waals surface area contributed by atoms with Crippen LogP contribution in [0.25, 0.3) is 6.08 Å². The van der Waals surface area contributed by atoms with Crippen LogP contribution in [0.5, 0.6) is 0 Å². The van der Waals surface area contributed by atoms with Crippen molar-refractivity contribution in [3.05, 3.63) is 63.4 Å². The molecule has 0 bridgehead atoms. The first-order chi connectivity index (χ1) is 10.6. The third kappa shape index (κ3) is 4.30. The summed E-state index contributed by atoms with van der Waals surface area (Å²) in [6.07, 6.45) is 3.17. The van der Waals surface area contributed by atoms with Crippen LogP contribution < -0.4 is 0 Å². The minimum absolute atomic E-state index is 0.161. The van der Waals surface area contributed by atoms with Gasteiger partial charge in [0.15, 0.2) is 0 Å². The third-order valence-electron chi connectivity index (χ3n) is 3.03. The summed E-state index contributed by atoms with van der Waals surface area (Å²) in [4.78, 5) is 24.0. The molecule has 1 aromatic heterocycles. The van der Waals surface area contributed by atoms with Gasteiger partial charge in [-0.15, -0.1) is 11.3 Å². The standard InChI is InChI=1S/C17H16O4S/c1-12-9-10-22-15(12)7-8-16(18)21-11-13-3-5-14(6-4-13)17(19)20-2/h3-10H,11H2,1-2H3/b8-7+. The van der Waals surface area contributed by atoms with Crippen molar-refractivity contribution in [1.29, 1.82) is 0 Å². The van der Waals surface area contributed by atoms with E-state index < -0.39 is 11.9 Å². The summed E-state index contributed by atoms with van der Waals surface area (Å²) >= 11 is 1.57. The lowest BCUT2D eigenvalue weighted by Gasteiger charge is -2.03. The lowest BCUT2D eigenvalue weighted by atomic mass is 10.1. The van der Waals surface area contributed by atoms with E-state index in [1.807, 2.05) is 18.4 Å². The molecular formula is C17H16O4S. The molecule has 0 radical (unpaired) electrons. The summed E-state index contributed by atoms with van der Waals surface area (Å²) in [7, 11) is 1.33. The van der Waals surface area contributed by atoms with E-state index in [2.05, 4.69) is 4.74 Å².